The fraction of sp³-hybridized carbons (Fsp3) is 0.158. The van der Waals surface area contributed by atoms with E-state index in [0.29, 0.717) is 35.2 Å². The Hall–Kier alpha value is -2.97. The minimum atomic E-state index is -3.76. The van der Waals surface area contributed by atoms with Crippen LogP contribution in [0.5, 0.6) is 0 Å². The van der Waals surface area contributed by atoms with Crippen LogP contribution >= 0.6 is 0 Å². The predicted molar refractivity (Wildman–Crippen MR) is 101 cm³/mol. The smallest absolute Gasteiger partial charge is 0.260 e. The first-order valence-corrected chi connectivity index (χ1v) is 9.89. The maximum Gasteiger partial charge on any atom is 0.260 e. The fourth-order valence-electron chi connectivity index (χ4n) is 2.99. The van der Waals surface area contributed by atoms with Gasteiger partial charge in [-0.15, -0.1) is 0 Å². The summed E-state index contributed by atoms with van der Waals surface area (Å²) >= 11 is 0. The van der Waals surface area contributed by atoms with Crippen molar-refractivity contribution in [2.45, 2.75) is 24.8 Å². The molecule has 0 fully saturated rings. The molecule has 0 spiro atoms. The van der Waals surface area contributed by atoms with Crippen molar-refractivity contribution in [3.05, 3.63) is 70.9 Å². The van der Waals surface area contributed by atoms with Gasteiger partial charge in [-0.05, 0) is 29.7 Å². The zero-order valence-electron chi connectivity index (χ0n) is 14.7. The highest BCUT2D eigenvalue weighted by Crippen LogP contribution is 2.23. The fourth-order valence-corrected chi connectivity index (χ4v) is 3.81. The second-order valence-electron chi connectivity index (χ2n) is 6.11. The van der Waals surface area contributed by atoms with Crippen LogP contribution in [0.4, 0.5) is 0 Å². The number of amides is 2. The summed E-state index contributed by atoms with van der Waals surface area (Å²) in [5, 5.41) is 10.6. The lowest BCUT2D eigenvalue weighted by molar-refractivity contribution is -0.114. The van der Waals surface area contributed by atoms with Gasteiger partial charge in [-0.25, -0.2) is 13.6 Å². The molecule has 27 heavy (non-hydrogen) atoms. The van der Waals surface area contributed by atoms with Gasteiger partial charge in [0.1, 0.15) is 0 Å². The number of fused-ring (bicyclic) bond motifs is 1. The molecule has 0 saturated heterocycles. The van der Waals surface area contributed by atoms with Crippen molar-refractivity contribution in [1.29, 1.82) is 0 Å². The van der Waals surface area contributed by atoms with Crippen LogP contribution in [-0.4, -0.2) is 20.2 Å². The van der Waals surface area contributed by atoms with E-state index in [0.717, 1.165) is 5.56 Å². The summed E-state index contributed by atoms with van der Waals surface area (Å²) < 4.78 is 23.2. The van der Waals surface area contributed by atoms with E-state index >= 15 is 0 Å². The van der Waals surface area contributed by atoms with Crippen molar-refractivity contribution >= 4 is 27.4 Å². The summed E-state index contributed by atoms with van der Waals surface area (Å²) in [7, 11) is -3.76. The van der Waals surface area contributed by atoms with Gasteiger partial charge in [0.2, 0.25) is 10.0 Å². The number of benzene rings is 2. The van der Waals surface area contributed by atoms with Crippen molar-refractivity contribution in [3.63, 3.8) is 0 Å². The van der Waals surface area contributed by atoms with Crippen LogP contribution in [0.1, 0.15) is 34.0 Å². The molecule has 2 aromatic rings. The molecule has 0 bridgehead atoms. The zero-order valence-corrected chi connectivity index (χ0v) is 15.5. The Morgan fingerprint density at radius 3 is 2.44 bits per heavy atom. The summed E-state index contributed by atoms with van der Waals surface area (Å²) in [6.07, 6.45) is 2.08. The molecule has 2 amide bonds. The number of nitrogens with two attached hydrogens (primary N) is 1. The number of hydrogen-bond donors (Lipinski definition) is 3. The van der Waals surface area contributed by atoms with Crippen LogP contribution < -0.4 is 15.8 Å². The molecule has 140 valence electrons. The van der Waals surface area contributed by atoms with E-state index in [-0.39, 0.29) is 4.90 Å². The molecule has 0 aliphatic carbocycles. The quantitative estimate of drug-likeness (QED) is 0.529. The van der Waals surface area contributed by atoms with Crippen LogP contribution in [-0.2, 0) is 27.8 Å². The maximum atomic E-state index is 12.1. The van der Waals surface area contributed by atoms with E-state index < -0.39 is 21.8 Å². The molecular weight excluding hydrogens is 366 g/mol. The molecule has 1 heterocycles. The third-order valence-electron chi connectivity index (χ3n) is 4.30. The van der Waals surface area contributed by atoms with Crippen molar-refractivity contribution in [3.8, 4) is 0 Å². The topological polar surface area (TPSA) is 118 Å². The first-order valence-electron chi connectivity index (χ1n) is 8.34. The molecule has 1 aliphatic rings. The van der Waals surface area contributed by atoms with Gasteiger partial charge >= 0.3 is 0 Å². The molecule has 4 N–H and O–H groups in total. The first-order chi connectivity index (χ1) is 12.8. The molecule has 0 saturated carbocycles. The highest BCUT2D eigenvalue weighted by molar-refractivity contribution is 7.89. The summed E-state index contributed by atoms with van der Waals surface area (Å²) in [6, 6.07) is 11.8. The Bertz CT molecular complexity index is 1060. The first kappa shape index (κ1) is 18.8. The molecule has 0 aromatic heterocycles. The normalized spacial score (nSPS) is 15.4. The van der Waals surface area contributed by atoms with Gasteiger partial charge in [0.05, 0.1) is 10.5 Å². The van der Waals surface area contributed by atoms with Gasteiger partial charge < -0.3 is 5.32 Å². The van der Waals surface area contributed by atoms with E-state index in [1.165, 1.54) is 6.07 Å². The summed E-state index contributed by atoms with van der Waals surface area (Å²) in [6.45, 7) is 2.23. The monoisotopic (exact) mass is 385 g/mol. The molecule has 0 unspecified atom stereocenters. The summed E-state index contributed by atoms with van der Waals surface area (Å²) in [5.41, 5.74) is 2.85. The second-order valence-corrected chi connectivity index (χ2v) is 7.64. The van der Waals surface area contributed by atoms with Gasteiger partial charge in [0.25, 0.3) is 11.8 Å². The van der Waals surface area contributed by atoms with Crippen LogP contribution in [0.3, 0.4) is 0 Å². The Kier molecular flexibility index (Phi) is 5.11. The molecule has 0 radical (unpaired) electrons. The van der Waals surface area contributed by atoms with Crippen molar-refractivity contribution < 1.29 is 18.0 Å². The lowest BCUT2D eigenvalue weighted by atomic mass is 9.96. The molecule has 3 rings (SSSR count). The number of primary sulfonamides is 1. The average molecular weight is 385 g/mol. The predicted octanol–water partition coefficient (Wildman–Crippen LogP) is 1.30. The Labute approximate surface area is 157 Å². The van der Waals surface area contributed by atoms with Crippen molar-refractivity contribution in [1.82, 2.24) is 10.6 Å². The Morgan fingerprint density at radius 2 is 1.78 bits per heavy atom. The minimum absolute atomic E-state index is 0.117. The lowest BCUT2D eigenvalue weighted by Crippen LogP contribution is -2.36. The number of sulfonamides is 1. The SMILES string of the molecule is CCc1cc(CNC=C2C(=O)NC(=O)c3ccccc32)ccc1S(N)(=O)=O. The largest absolute Gasteiger partial charge is 0.386 e. The Balaban J connectivity index is 1.83. The van der Waals surface area contributed by atoms with Gasteiger partial charge in [0, 0.05) is 23.9 Å². The number of carbonyl (C=O) groups is 2. The summed E-state index contributed by atoms with van der Waals surface area (Å²) in [4.78, 5) is 24.1. The van der Waals surface area contributed by atoms with Gasteiger partial charge in [0.15, 0.2) is 0 Å². The molecule has 0 atom stereocenters. The van der Waals surface area contributed by atoms with E-state index in [2.05, 4.69) is 10.6 Å². The van der Waals surface area contributed by atoms with E-state index in [1.54, 1.807) is 42.6 Å². The highest BCUT2D eigenvalue weighted by atomic mass is 32.2. The minimum Gasteiger partial charge on any atom is -0.386 e. The third-order valence-corrected chi connectivity index (χ3v) is 5.31. The number of imide groups is 1. The second kappa shape index (κ2) is 7.34. The van der Waals surface area contributed by atoms with E-state index in [4.69, 9.17) is 5.14 Å². The zero-order chi connectivity index (χ0) is 19.6. The summed E-state index contributed by atoms with van der Waals surface area (Å²) in [5.74, 6) is -0.885. The van der Waals surface area contributed by atoms with Crippen LogP contribution in [0, 0.1) is 0 Å². The number of hydrogen-bond acceptors (Lipinski definition) is 5. The van der Waals surface area contributed by atoms with Gasteiger partial charge in [-0.1, -0.05) is 37.3 Å². The van der Waals surface area contributed by atoms with E-state index in [9.17, 15) is 18.0 Å². The van der Waals surface area contributed by atoms with Crippen molar-refractivity contribution in [2.24, 2.45) is 5.14 Å². The third kappa shape index (κ3) is 3.91. The van der Waals surface area contributed by atoms with Gasteiger partial charge in [-0.2, -0.15) is 0 Å². The highest BCUT2D eigenvalue weighted by Gasteiger charge is 2.26. The van der Waals surface area contributed by atoms with Crippen molar-refractivity contribution in [2.75, 3.05) is 0 Å². The molecule has 8 heteroatoms. The number of nitrogens with one attached hydrogen (secondary N) is 2. The standard InChI is InChI=1S/C19H19N3O4S/c1-2-13-9-12(7-8-17(13)27(20,25)26)10-21-11-16-14-5-3-4-6-15(14)18(23)22-19(16)24/h3-9,11,21H,2,10H2,1H3,(H2,20,25,26)(H,22,23,24). The number of rotatable bonds is 5. The average Bonchev–Trinajstić information content (AvgIpc) is 2.63. The number of aryl methyl sites for hydroxylation is 1. The van der Waals surface area contributed by atoms with Crippen LogP contribution in [0.25, 0.3) is 5.57 Å². The van der Waals surface area contributed by atoms with Crippen LogP contribution in [0.15, 0.2) is 53.6 Å². The Morgan fingerprint density at radius 1 is 1.07 bits per heavy atom. The molecule has 7 nitrogen and oxygen atoms in total. The molecule has 2 aromatic carbocycles. The number of carbonyl (C=O) groups excluding carboxylic acids is 2. The van der Waals surface area contributed by atoms with Crippen LogP contribution in [0.2, 0.25) is 0 Å². The molecular formula is C19H19N3O4S. The lowest BCUT2D eigenvalue weighted by Gasteiger charge is -2.18. The molecule has 1 aliphatic heterocycles. The van der Waals surface area contributed by atoms with E-state index in [1.807, 2.05) is 6.92 Å². The maximum absolute atomic E-state index is 12.1. The van der Waals surface area contributed by atoms with Gasteiger partial charge in [-0.3, -0.25) is 14.9 Å².